The van der Waals surface area contributed by atoms with Gasteiger partial charge in [0.2, 0.25) is 17.8 Å². The maximum absolute atomic E-state index is 12.7. The number of fused-ring (bicyclic) bond motifs is 1. The van der Waals surface area contributed by atoms with Gasteiger partial charge in [0.25, 0.3) is 5.56 Å². The lowest BCUT2D eigenvalue weighted by Crippen LogP contribution is -2.49. The van der Waals surface area contributed by atoms with E-state index in [0.717, 1.165) is 56.6 Å². The summed E-state index contributed by atoms with van der Waals surface area (Å²) in [5, 5.41) is 4.10. The Bertz CT molecular complexity index is 1440. The first-order valence-corrected chi connectivity index (χ1v) is 14.1. The van der Waals surface area contributed by atoms with Gasteiger partial charge < -0.3 is 15.1 Å². The van der Waals surface area contributed by atoms with Gasteiger partial charge in [-0.3, -0.25) is 23.9 Å². The van der Waals surface area contributed by atoms with Gasteiger partial charge in [-0.05, 0) is 48.6 Å². The summed E-state index contributed by atoms with van der Waals surface area (Å²) in [7, 11) is 0. The molecule has 2 amide bonds. The fourth-order valence-corrected chi connectivity index (χ4v) is 5.38. The van der Waals surface area contributed by atoms with Gasteiger partial charge in [0, 0.05) is 82.1 Å². The molecule has 1 N–H and O–H groups in total. The number of anilines is 2. The zero-order chi connectivity index (χ0) is 28.1. The molecule has 5 rings (SSSR count). The van der Waals surface area contributed by atoms with Crippen LogP contribution in [0.1, 0.15) is 31.7 Å². The molecule has 0 spiro atoms. The summed E-state index contributed by atoms with van der Waals surface area (Å²) in [4.78, 5) is 51.9. The van der Waals surface area contributed by atoms with E-state index in [9.17, 15) is 14.4 Å². The second-order valence-corrected chi connectivity index (χ2v) is 10.6. The minimum Gasteiger partial charge on any atom is -0.340 e. The Kier molecular flexibility index (Phi) is 8.54. The highest BCUT2D eigenvalue weighted by atomic mass is 16.2. The lowest BCUT2D eigenvalue weighted by Gasteiger charge is -2.38. The molecule has 0 radical (unpaired) electrons. The van der Waals surface area contributed by atoms with Gasteiger partial charge in [0.05, 0.1) is 0 Å². The minimum atomic E-state index is -0.103. The number of pyridine rings is 1. The Labute approximate surface area is 234 Å². The lowest BCUT2D eigenvalue weighted by molar-refractivity contribution is -0.133. The normalized spacial score (nSPS) is 16.1. The van der Waals surface area contributed by atoms with Crippen molar-refractivity contribution >= 4 is 34.5 Å². The van der Waals surface area contributed by atoms with E-state index in [1.165, 1.54) is 11.6 Å². The van der Waals surface area contributed by atoms with E-state index in [-0.39, 0.29) is 17.4 Å². The van der Waals surface area contributed by atoms with E-state index >= 15 is 0 Å². The number of nitrogens with one attached hydrogen (secondary N) is 1. The summed E-state index contributed by atoms with van der Waals surface area (Å²) in [5.41, 5.74) is 2.53. The summed E-state index contributed by atoms with van der Waals surface area (Å²) >= 11 is 0. The van der Waals surface area contributed by atoms with E-state index in [1.807, 2.05) is 24.0 Å². The third-order valence-electron chi connectivity index (χ3n) is 7.71. The van der Waals surface area contributed by atoms with Crippen LogP contribution in [0.5, 0.6) is 0 Å². The third-order valence-corrected chi connectivity index (χ3v) is 7.71. The number of carbonyl (C=O) groups excluding carboxylic acids is 2. The van der Waals surface area contributed by atoms with Crippen molar-refractivity contribution < 1.29 is 9.59 Å². The van der Waals surface area contributed by atoms with Crippen molar-refractivity contribution in [2.45, 2.75) is 39.3 Å². The number of hydrogen-bond acceptors (Lipinski definition) is 7. The van der Waals surface area contributed by atoms with Crippen LogP contribution in [0.25, 0.3) is 11.0 Å². The Hall–Kier alpha value is -4.05. The number of nitrogens with zero attached hydrogens (tertiary/aromatic N) is 6. The van der Waals surface area contributed by atoms with Crippen LogP contribution in [-0.2, 0) is 22.7 Å². The molecule has 2 saturated heterocycles. The Balaban J connectivity index is 1.22. The zero-order valence-electron chi connectivity index (χ0n) is 23.1. The average molecular weight is 544 g/mol. The summed E-state index contributed by atoms with van der Waals surface area (Å²) in [6, 6.07) is 11.5. The molecule has 40 heavy (non-hydrogen) atoms. The monoisotopic (exact) mass is 543 g/mol. The quantitative estimate of drug-likeness (QED) is 0.392. The standard InChI is InChI=1S/C30H37N7O3/c1-3-6-27(39)35-15-13-34(14-16-35)19-22-7-5-8-25(17-22)32-30-31-18-24-9-10-28(40)37(29(24)33-30)12-11-23-20-36(21-23)26(38)4-2/h4-5,7-10,17-18,23H,2-3,6,11-16,19-21H2,1H3,(H,31,32,33). The van der Waals surface area contributed by atoms with E-state index < -0.39 is 0 Å². The Morgan fingerprint density at radius 3 is 2.65 bits per heavy atom. The van der Waals surface area contributed by atoms with Crippen molar-refractivity contribution in [2.24, 2.45) is 5.92 Å². The van der Waals surface area contributed by atoms with Crippen molar-refractivity contribution in [2.75, 3.05) is 44.6 Å². The first-order valence-electron chi connectivity index (χ1n) is 14.1. The summed E-state index contributed by atoms with van der Waals surface area (Å²) < 4.78 is 1.70. The highest BCUT2D eigenvalue weighted by Crippen LogP contribution is 2.22. The van der Waals surface area contributed by atoms with E-state index in [1.54, 1.807) is 27.8 Å². The molecule has 2 aliphatic heterocycles. The number of benzene rings is 1. The predicted molar refractivity (Wildman–Crippen MR) is 155 cm³/mol. The van der Waals surface area contributed by atoms with E-state index in [4.69, 9.17) is 4.98 Å². The Morgan fingerprint density at radius 1 is 1.10 bits per heavy atom. The zero-order valence-corrected chi connectivity index (χ0v) is 23.1. The molecule has 0 bridgehead atoms. The number of hydrogen-bond donors (Lipinski definition) is 1. The number of likely N-dealkylation sites (tertiary alicyclic amines) is 1. The molecule has 10 nitrogen and oxygen atoms in total. The van der Waals surface area contributed by atoms with Gasteiger partial charge in [0.1, 0.15) is 5.65 Å². The first-order chi connectivity index (χ1) is 19.4. The molecule has 210 valence electrons. The largest absolute Gasteiger partial charge is 0.340 e. The average Bonchev–Trinajstić information content (AvgIpc) is 2.93. The van der Waals surface area contributed by atoms with Crippen LogP contribution >= 0.6 is 0 Å². The van der Waals surface area contributed by atoms with Crippen LogP contribution in [0.4, 0.5) is 11.6 Å². The highest BCUT2D eigenvalue weighted by Gasteiger charge is 2.29. The number of aromatic nitrogens is 3. The fourth-order valence-electron chi connectivity index (χ4n) is 5.38. The number of amides is 2. The molecule has 0 saturated carbocycles. The van der Waals surface area contributed by atoms with Crippen molar-refractivity contribution in [3.63, 3.8) is 0 Å². The number of rotatable bonds is 10. The van der Waals surface area contributed by atoms with Crippen LogP contribution < -0.4 is 10.9 Å². The molecule has 0 aliphatic carbocycles. The summed E-state index contributed by atoms with van der Waals surface area (Å²) in [6.45, 7) is 11.6. The van der Waals surface area contributed by atoms with Gasteiger partial charge in [-0.1, -0.05) is 25.6 Å². The second kappa shape index (κ2) is 12.4. The highest BCUT2D eigenvalue weighted by molar-refractivity contribution is 5.87. The molecule has 0 unspecified atom stereocenters. The molecule has 2 aromatic heterocycles. The molecular formula is C30H37N7O3. The molecule has 2 fully saturated rings. The minimum absolute atomic E-state index is 0.0485. The molecular weight excluding hydrogens is 506 g/mol. The second-order valence-electron chi connectivity index (χ2n) is 10.6. The van der Waals surface area contributed by atoms with Crippen molar-refractivity contribution in [1.82, 2.24) is 29.2 Å². The number of aryl methyl sites for hydroxylation is 1. The summed E-state index contributed by atoms with van der Waals surface area (Å²) in [5.74, 6) is 0.989. The molecule has 10 heteroatoms. The van der Waals surface area contributed by atoms with Gasteiger partial charge >= 0.3 is 0 Å². The maximum atomic E-state index is 12.7. The fraction of sp³-hybridized carbons (Fsp3) is 0.433. The lowest BCUT2D eigenvalue weighted by atomic mass is 9.96. The van der Waals surface area contributed by atoms with Crippen LogP contribution in [0.15, 0.2) is 60.0 Å². The molecule has 4 heterocycles. The van der Waals surface area contributed by atoms with Gasteiger partial charge in [-0.15, -0.1) is 0 Å². The van der Waals surface area contributed by atoms with Gasteiger partial charge in [-0.25, -0.2) is 4.98 Å². The summed E-state index contributed by atoms with van der Waals surface area (Å²) in [6.07, 6.45) is 5.37. The van der Waals surface area contributed by atoms with Crippen LogP contribution in [-0.4, -0.2) is 80.3 Å². The van der Waals surface area contributed by atoms with Crippen LogP contribution in [0.3, 0.4) is 0 Å². The molecule has 1 aromatic carbocycles. The number of piperazine rings is 1. The predicted octanol–water partition coefficient (Wildman–Crippen LogP) is 3.01. The van der Waals surface area contributed by atoms with Crippen molar-refractivity contribution in [3.8, 4) is 0 Å². The SMILES string of the molecule is C=CC(=O)N1CC(CCn2c(=O)ccc3cnc(Nc4cccc(CN5CCN(C(=O)CCC)CC5)c4)nc32)C1. The van der Waals surface area contributed by atoms with Gasteiger partial charge in [-0.2, -0.15) is 4.98 Å². The van der Waals surface area contributed by atoms with Gasteiger partial charge in [0.15, 0.2) is 0 Å². The van der Waals surface area contributed by atoms with Crippen LogP contribution in [0.2, 0.25) is 0 Å². The van der Waals surface area contributed by atoms with Crippen molar-refractivity contribution in [3.05, 3.63) is 71.2 Å². The smallest absolute Gasteiger partial charge is 0.252 e. The number of carbonyl (C=O) groups is 2. The molecule has 3 aromatic rings. The molecule has 2 aliphatic rings. The van der Waals surface area contributed by atoms with Crippen molar-refractivity contribution in [1.29, 1.82) is 0 Å². The van der Waals surface area contributed by atoms with E-state index in [0.29, 0.717) is 43.6 Å². The molecule has 0 atom stereocenters. The topological polar surface area (TPSA) is 104 Å². The maximum Gasteiger partial charge on any atom is 0.252 e. The first kappa shape index (κ1) is 27.5. The van der Waals surface area contributed by atoms with E-state index in [2.05, 4.69) is 33.9 Å². The Morgan fingerprint density at radius 2 is 1.90 bits per heavy atom. The third kappa shape index (κ3) is 6.39. The van der Waals surface area contributed by atoms with Crippen LogP contribution in [0, 0.1) is 5.92 Å².